The van der Waals surface area contributed by atoms with Gasteiger partial charge in [0.2, 0.25) is 5.91 Å². The van der Waals surface area contributed by atoms with Gasteiger partial charge in [0.25, 0.3) is 0 Å². The molecule has 10 heteroatoms. The number of ether oxygens (including phenoxy) is 1. The molecule has 0 aliphatic carbocycles. The SMILES string of the molecule is C=CCn1c(SCC(=O)Nc2sc(C)c(C)c2C(=O)OCC)nnc1-c1csc(C)c1CC. The molecule has 3 rings (SSSR count). The molecule has 33 heavy (non-hydrogen) atoms. The normalized spacial score (nSPS) is 10.9. The Hall–Kier alpha value is -2.43. The minimum absolute atomic E-state index is 0.136. The van der Waals surface area contributed by atoms with Crippen molar-refractivity contribution in [1.82, 2.24) is 14.8 Å². The number of carbonyl (C=O) groups excluding carboxylic acids is 2. The van der Waals surface area contributed by atoms with Gasteiger partial charge in [0.1, 0.15) is 5.00 Å². The minimum atomic E-state index is -0.421. The first-order valence-corrected chi connectivity index (χ1v) is 13.3. The van der Waals surface area contributed by atoms with Gasteiger partial charge in [0.15, 0.2) is 11.0 Å². The molecule has 0 saturated heterocycles. The second kappa shape index (κ2) is 11.1. The van der Waals surface area contributed by atoms with Crippen molar-refractivity contribution in [3.8, 4) is 11.4 Å². The molecule has 3 aromatic rings. The number of aromatic nitrogens is 3. The van der Waals surface area contributed by atoms with E-state index in [4.69, 9.17) is 4.74 Å². The molecule has 0 aliphatic heterocycles. The lowest BCUT2D eigenvalue weighted by Crippen LogP contribution is -2.17. The number of thiophene rings is 2. The summed E-state index contributed by atoms with van der Waals surface area (Å²) in [5.74, 6) is 0.280. The number of esters is 1. The van der Waals surface area contributed by atoms with E-state index in [1.165, 1.54) is 33.5 Å². The van der Waals surface area contributed by atoms with Crippen molar-refractivity contribution >= 4 is 51.3 Å². The highest BCUT2D eigenvalue weighted by Crippen LogP contribution is 2.34. The van der Waals surface area contributed by atoms with E-state index in [1.807, 2.05) is 18.4 Å². The topological polar surface area (TPSA) is 86.1 Å². The number of aryl methyl sites for hydroxylation is 2. The Bertz CT molecular complexity index is 1180. The summed E-state index contributed by atoms with van der Waals surface area (Å²) in [6.45, 7) is 14.5. The molecule has 0 aliphatic rings. The Morgan fingerprint density at radius 3 is 2.67 bits per heavy atom. The van der Waals surface area contributed by atoms with Gasteiger partial charge in [-0.1, -0.05) is 24.8 Å². The Morgan fingerprint density at radius 2 is 2.00 bits per heavy atom. The van der Waals surface area contributed by atoms with E-state index in [2.05, 4.69) is 41.3 Å². The quantitative estimate of drug-likeness (QED) is 0.218. The van der Waals surface area contributed by atoms with Crippen LogP contribution in [-0.2, 0) is 22.5 Å². The van der Waals surface area contributed by atoms with Crippen LogP contribution in [0, 0.1) is 20.8 Å². The summed E-state index contributed by atoms with van der Waals surface area (Å²) in [7, 11) is 0. The summed E-state index contributed by atoms with van der Waals surface area (Å²) >= 11 is 4.39. The van der Waals surface area contributed by atoms with Crippen LogP contribution >= 0.6 is 34.4 Å². The van der Waals surface area contributed by atoms with Gasteiger partial charge in [0.05, 0.1) is 17.9 Å². The van der Waals surface area contributed by atoms with Crippen LogP contribution < -0.4 is 5.32 Å². The molecule has 1 amide bonds. The van der Waals surface area contributed by atoms with Gasteiger partial charge >= 0.3 is 5.97 Å². The van der Waals surface area contributed by atoms with Crippen molar-refractivity contribution in [1.29, 1.82) is 0 Å². The molecule has 3 aromatic heterocycles. The van der Waals surface area contributed by atoms with Crippen LogP contribution in [0.15, 0.2) is 23.2 Å². The van der Waals surface area contributed by atoms with Crippen LogP contribution in [0.2, 0.25) is 0 Å². The summed E-state index contributed by atoms with van der Waals surface area (Å²) in [4.78, 5) is 27.3. The van der Waals surface area contributed by atoms with Gasteiger partial charge < -0.3 is 10.1 Å². The number of amides is 1. The van der Waals surface area contributed by atoms with E-state index in [1.54, 1.807) is 24.3 Å². The van der Waals surface area contributed by atoms with E-state index in [0.717, 1.165) is 28.2 Å². The Labute approximate surface area is 206 Å². The molecule has 0 unspecified atom stereocenters. The average Bonchev–Trinajstić information content (AvgIpc) is 3.42. The van der Waals surface area contributed by atoms with Crippen LogP contribution in [0.3, 0.4) is 0 Å². The van der Waals surface area contributed by atoms with E-state index in [-0.39, 0.29) is 18.3 Å². The number of thioether (sulfide) groups is 1. The second-order valence-corrected chi connectivity index (χ2v) is 10.5. The molecular weight excluding hydrogens is 476 g/mol. The van der Waals surface area contributed by atoms with E-state index in [0.29, 0.717) is 22.3 Å². The summed E-state index contributed by atoms with van der Waals surface area (Å²) in [5, 5.41) is 14.9. The molecule has 0 aromatic carbocycles. The molecule has 0 atom stereocenters. The van der Waals surface area contributed by atoms with Crippen molar-refractivity contribution in [2.75, 3.05) is 17.7 Å². The monoisotopic (exact) mass is 504 g/mol. The standard InChI is InChI=1S/C23H28N4O3S3/c1-7-10-27-20(17-11-31-15(6)16(17)8-2)25-26-23(27)32-12-18(28)24-21-19(22(29)30-9-3)13(4)14(5)33-21/h7,11H,1,8-10,12H2,2-6H3,(H,24,28). The van der Waals surface area contributed by atoms with Crippen LogP contribution in [0.25, 0.3) is 11.4 Å². The summed E-state index contributed by atoms with van der Waals surface area (Å²) in [6.07, 6.45) is 2.71. The molecule has 0 saturated carbocycles. The van der Waals surface area contributed by atoms with Gasteiger partial charge in [0, 0.05) is 27.2 Å². The number of hydrogen-bond acceptors (Lipinski definition) is 8. The smallest absolute Gasteiger partial charge is 0.341 e. The average molecular weight is 505 g/mol. The van der Waals surface area contributed by atoms with Crippen LogP contribution in [-0.4, -0.2) is 39.0 Å². The molecule has 0 spiro atoms. The summed E-state index contributed by atoms with van der Waals surface area (Å²) < 4.78 is 7.14. The highest BCUT2D eigenvalue weighted by molar-refractivity contribution is 7.99. The Kier molecular flexibility index (Phi) is 8.50. The lowest BCUT2D eigenvalue weighted by Gasteiger charge is -2.09. The summed E-state index contributed by atoms with van der Waals surface area (Å²) in [6, 6.07) is 0. The van der Waals surface area contributed by atoms with Crippen molar-refractivity contribution in [2.24, 2.45) is 0 Å². The molecule has 1 N–H and O–H groups in total. The molecule has 0 radical (unpaired) electrons. The maximum atomic E-state index is 12.7. The lowest BCUT2D eigenvalue weighted by atomic mass is 10.1. The second-order valence-electron chi connectivity index (χ2n) is 7.29. The van der Waals surface area contributed by atoms with Gasteiger partial charge in [-0.15, -0.1) is 39.4 Å². The Balaban J connectivity index is 1.78. The number of hydrogen-bond donors (Lipinski definition) is 1. The molecule has 176 valence electrons. The van der Waals surface area contributed by atoms with E-state index < -0.39 is 5.97 Å². The largest absolute Gasteiger partial charge is 0.462 e. The highest BCUT2D eigenvalue weighted by atomic mass is 32.2. The maximum absolute atomic E-state index is 12.7. The maximum Gasteiger partial charge on any atom is 0.341 e. The minimum Gasteiger partial charge on any atom is -0.462 e. The zero-order valence-corrected chi connectivity index (χ0v) is 21.9. The Morgan fingerprint density at radius 1 is 1.24 bits per heavy atom. The first-order valence-electron chi connectivity index (χ1n) is 10.6. The lowest BCUT2D eigenvalue weighted by molar-refractivity contribution is -0.113. The molecule has 7 nitrogen and oxygen atoms in total. The first-order chi connectivity index (χ1) is 15.8. The molecular formula is C23H28N4O3S3. The predicted octanol–water partition coefficient (Wildman–Crippen LogP) is 5.65. The fraction of sp³-hybridized carbons (Fsp3) is 0.391. The fourth-order valence-corrected chi connectivity index (χ4v) is 6.20. The number of rotatable bonds is 10. The molecule has 0 fully saturated rings. The zero-order valence-electron chi connectivity index (χ0n) is 19.5. The van der Waals surface area contributed by atoms with Gasteiger partial charge in [-0.3, -0.25) is 9.36 Å². The highest BCUT2D eigenvalue weighted by Gasteiger charge is 2.23. The third-order valence-corrected chi connectivity index (χ3v) is 8.22. The number of nitrogens with one attached hydrogen (secondary N) is 1. The molecule has 3 heterocycles. The third kappa shape index (κ3) is 5.39. The zero-order chi connectivity index (χ0) is 24.1. The van der Waals surface area contributed by atoms with Crippen LogP contribution in [0.4, 0.5) is 5.00 Å². The number of nitrogens with zero attached hydrogens (tertiary/aromatic N) is 3. The molecule has 0 bridgehead atoms. The predicted molar refractivity (Wildman–Crippen MR) is 137 cm³/mol. The fourth-order valence-electron chi connectivity index (χ4n) is 3.45. The first kappa shape index (κ1) is 25.2. The number of carbonyl (C=O) groups is 2. The number of anilines is 1. The van der Waals surface area contributed by atoms with Crippen molar-refractivity contribution in [3.05, 3.63) is 44.5 Å². The van der Waals surface area contributed by atoms with Crippen molar-refractivity contribution in [2.45, 2.75) is 52.7 Å². The third-order valence-electron chi connectivity index (χ3n) is 5.18. The van der Waals surface area contributed by atoms with Crippen molar-refractivity contribution < 1.29 is 14.3 Å². The van der Waals surface area contributed by atoms with Gasteiger partial charge in [-0.05, 0) is 45.2 Å². The number of allylic oxidation sites excluding steroid dienone is 1. The van der Waals surface area contributed by atoms with Crippen molar-refractivity contribution in [3.63, 3.8) is 0 Å². The van der Waals surface area contributed by atoms with Gasteiger partial charge in [-0.25, -0.2) is 4.79 Å². The van der Waals surface area contributed by atoms with E-state index in [9.17, 15) is 9.59 Å². The van der Waals surface area contributed by atoms with E-state index >= 15 is 0 Å². The van der Waals surface area contributed by atoms with Gasteiger partial charge in [-0.2, -0.15) is 0 Å². The van der Waals surface area contributed by atoms with Crippen LogP contribution in [0.1, 0.15) is 45.1 Å². The van der Waals surface area contributed by atoms with Crippen LogP contribution in [0.5, 0.6) is 0 Å². The summed E-state index contributed by atoms with van der Waals surface area (Å²) in [5.41, 5.74) is 3.60.